The number of hydrogen-bond donors (Lipinski definition) is 1. The van der Waals surface area contributed by atoms with Gasteiger partial charge >= 0.3 is 0 Å². The predicted octanol–water partition coefficient (Wildman–Crippen LogP) is 1.92. The van der Waals surface area contributed by atoms with Crippen LogP contribution in [0, 0.1) is 6.92 Å². The number of rotatable bonds is 4. The average molecular weight is 330 g/mol. The van der Waals surface area contributed by atoms with E-state index in [1.165, 1.54) is 0 Å². The van der Waals surface area contributed by atoms with E-state index in [2.05, 4.69) is 34.2 Å². The van der Waals surface area contributed by atoms with Crippen molar-refractivity contribution in [3.05, 3.63) is 41.4 Å². The molecule has 0 spiro atoms. The third-order valence-electron chi connectivity index (χ3n) is 3.86. The summed E-state index contributed by atoms with van der Waals surface area (Å²) < 4.78 is 10.7. The highest BCUT2D eigenvalue weighted by atomic mass is 16.5. The molecule has 2 aromatic heterocycles. The van der Waals surface area contributed by atoms with E-state index in [1.54, 1.807) is 19.2 Å². The van der Waals surface area contributed by atoms with Gasteiger partial charge in [0.1, 0.15) is 5.82 Å². The van der Waals surface area contributed by atoms with E-state index in [4.69, 9.17) is 9.26 Å². The lowest BCUT2D eigenvalue weighted by atomic mass is 10.2. The summed E-state index contributed by atoms with van der Waals surface area (Å²) >= 11 is 0. The normalized spacial score (nSPS) is 20.9. The molecule has 7 heteroatoms. The van der Waals surface area contributed by atoms with Crippen molar-refractivity contribution in [1.29, 1.82) is 0 Å². The number of aryl methyl sites for hydroxylation is 1. The third-order valence-corrected chi connectivity index (χ3v) is 3.86. The number of aromatic nitrogens is 2. The molecule has 1 fully saturated rings. The van der Waals surface area contributed by atoms with Crippen LogP contribution in [-0.2, 0) is 11.3 Å². The van der Waals surface area contributed by atoms with Crippen molar-refractivity contribution in [3.8, 4) is 0 Å². The summed E-state index contributed by atoms with van der Waals surface area (Å²) in [6, 6.07) is 5.56. The summed E-state index contributed by atoms with van der Waals surface area (Å²) in [5.74, 6) is 0.863. The molecule has 0 unspecified atom stereocenters. The van der Waals surface area contributed by atoms with Crippen molar-refractivity contribution in [2.75, 3.05) is 18.0 Å². The second-order valence-electron chi connectivity index (χ2n) is 6.20. The summed E-state index contributed by atoms with van der Waals surface area (Å²) in [6.45, 7) is 7.96. The molecule has 7 nitrogen and oxygen atoms in total. The molecule has 128 valence electrons. The molecule has 0 aliphatic carbocycles. The molecule has 0 bridgehead atoms. The quantitative estimate of drug-likeness (QED) is 0.922. The number of morpholine rings is 1. The van der Waals surface area contributed by atoms with Crippen LogP contribution in [0.15, 0.2) is 28.9 Å². The fourth-order valence-electron chi connectivity index (χ4n) is 2.81. The van der Waals surface area contributed by atoms with Crippen molar-refractivity contribution >= 4 is 11.7 Å². The SMILES string of the molecule is Cc1cc(C(=O)NCc2ccc(N3C[C@@H](C)O[C@@H](C)C3)nc2)on1. The average Bonchev–Trinajstić information content (AvgIpc) is 2.99. The molecule has 0 radical (unpaired) electrons. The molecule has 3 rings (SSSR count). The van der Waals surface area contributed by atoms with Gasteiger partial charge in [0, 0.05) is 31.9 Å². The Hall–Kier alpha value is -2.41. The number of nitrogens with one attached hydrogen (secondary N) is 1. The van der Waals surface area contributed by atoms with Crippen molar-refractivity contribution in [2.24, 2.45) is 0 Å². The highest BCUT2D eigenvalue weighted by molar-refractivity contribution is 5.91. The van der Waals surface area contributed by atoms with Crippen molar-refractivity contribution in [1.82, 2.24) is 15.5 Å². The van der Waals surface area contributed by atoms with Crippen molar-refractivity contribution in [2.45, 2.75) is 39.5 Å². The number of hydrogen-bond acceptors (Lipinski definition) is 6. The van der Waals surface area contributed by atoms with E-state index in [-0.39, 0.29) is 23.9 Å². The van der Waals surface area contributed by atoms with E-state index in [0.29, 0.717) is 12.2 Å². The van der Waals surface area contributed by atoms with Crippen LogP contribution in [0.1, 0.15) is 35.7 Å². The molecule has 0 saturated carbocycles. The summed E-state index contributed by atoms with van der Waals surface area (Å²) in [7, 11) is 0. The van der Waals surface area contributed by atoms with Gasteiger partial charge in [-0.05, 0) is 32.4 Å². The first-order valence-electron chi connectivity index (χ1n) is 8.08. The van der Waals surface area contributed by atoms with Crippen LogP contribution >= 0.6 is 0 Å². The molecule has 2 atom stereocenters. The number of nitrogens with zero attached hydrogens (tertiary/aromatic N) is 3. The number of carbonyl (C=O) groups is 1. The number of ether oxygens (including phenoxy) is 1. The molecular weight excluding hydrogens is 308 g/mol. The zero-order valence-electron chi connectivity index (χ0n) is 14.2. The zero-order chi connectivity index (χ0) is 17.1. The van der Waals surface area contributed by atoms with Crippen LogP contribution in [0.4, 0.5) is 5.82 Å². The molecule has 24 heavy (non-hydrogen) atoms. The number of pyridine rings is 1. The van der Waals surface area contributed by atoms with Crippen LogP contribution in [-0.4, -0.2) is 41.3 Å². The van der Waals surface area contributed by atoms with Crippen molar-refractivity contribution in [3.63, 3.8) is 0 Å². The lowest BCUT2D eigenvalue weighted by molar-refractivity contribution is -0.00546. The zero-order valence-corrected chi connectivity index (χ0v) is 14.2. The second-order valence-corrected chi connectivity index (χ2v) is 6.20. The predicted molar refractivity (Wildman–Crippen MR) is 88.9 cm³/mol. The van der Waals surface area contributed by atoms with Gasteiger partial charge in [0.15, 0.2) is 0 Å². The van der Waals surface area contributed by atoms with Crippen LogP contribution < -0.4 is 10.2 Å². The van der Waals surface area contributed by atoms with E-state index in [1.807, 2.05) is 12.1 Å². The smallest absolute Gasteiger partial charge is 0.290 e. The fraction of sp³-hybridized carbons (Fsp3) is 0.471. The highest BCUT2D eigenvalue weighted by Gasteiger charge is 2.23. The molecule has 1 amide bonds. The van der Waals surface area contributed by atoms with Gasteiger partial charge in [-0.25, -0.2) is 4.98 Å². The maximum atomic E-state index is 11.9. The van der Waals surface area contributed by atoms with Crippen LogP contribution in [0.5, 0.6) is 0 Å². The maximum Gasteiger partial charge on any atom is 0.290 e. The molecule has 3 heterocycles. The minimum Gasteiger partial charge on any atom is -0.372 e. The molecule has 1 aliphatic rings. The molecule has 0 aromatic carbocycles. The largest absolute Gasteiger partial charge is 0.372 e. The maximum absolute atomic E-state index is 11.9. The van der Waals surface area contributed by atoms with Gasteiger partial charge < -0.3 is 19.5 Å². The van der Waals surface area contributed by atoms with Crippen LogP contribution in [0.2, 0.25) is 0 Å². The molecular formula is C17H22N4O3. The Labute approximate surface area is 141 Å². The number of carbonyl (C=O) groups excluding carboxylic acids is 1. The van der Waals surface area contributed by atoms with E-state index < -0.39 is 0 Å². The van der Waals surface area contributed by atoms with Gasteiger partial charge in [-0.3, -0.25) is 4.79 Å². The standard InChI is InChI=1S/C17H22N4O3/c1-11-6-15(24-20-11)17(22)19-8-14-4-5-16(18-7-14)21-9-12(2)23-13(3)10-21/h4-7,12-13H,8-10H2,1-3H3,(H,19,22)/t12-,13+. The summed E-state index contributed by atoms with van der Waals surface area (Å²) in [6.07, 6.45) is 2.17. The molecule has 2 aromatic rings. The lowest BCUT2D eigenvalue weighted by Crippen LogP contribution is -2.45. The molecule has 1 N–H and O–H groups in total. The first-order chi connectivity index (χ1) is 11.5. The number of anilines is 1. The van der Waals surface area contributed by atoms with Gasteiger partial charge in [-0.2, -0.15) is 0 Å². The summed E-state index contributed by atoms with van der Waals surface area (Å²) in [4.78, 5) is 18.7. The molecule has 1 aliphatic heterocycles. The minimum absolute atomic E-state index is 0.194. The van der Waals surface area contributed by atoms with Gasteiger partial charge in [-0.1, -0.05) is 11.2 Å². The topological polar surface area (TPSA) is 80.5 Å². The third kappa shape index (κ3) is 3.91. The Morgan fingerprint density at radius 3 is 2.67 bits per heavy atom. The Morgan fingerprint density at radius 1 is 1.33 bits per heavy atom. The van der Waals surface area contributed by atoms with E-state index in [0.717, 1.165) is 24.5 Å². The van der Waals surface area contributed by atoms with Gasteiger partial charge in [0.25, 0.3) is 5.91 Å². The fourth-order valence-corrected chi connectivity index (χ4v) is 2.81. The van der Waals surface area contributed by atoms with Gasteiger partial charge in [0.2, 0.25) is 5.76 Å². The Kier molecular flexibility index (Phi) is 4.80. The summed E-state index contributed by atoms with van der Waals surface area (Å²) in [5, 5.41) is 6.50. The summed E-state index contributed by atoms with van der Waals surface area (Å²) in [5.41, 5.74) is 1.61. The second kappa shape index (κ2) is 7.00. The van der Waals surface area contributed by atoms with Gasteiger partial charge in [-0.15, -0.1) is 0 Å². The monoisotopic (exact) mass is 330 g/mol. The lowest BCUT2D eigenvalue weighted by Gasteiger charge is -2.36. The minimum atomic E-state index is -0.282. The number of amides is 1. The van der Waals surface area contributed by atoms with E-state index >= 15 is 0 Å². The first kappa shape index (κ1) is 16.4. The Bertz CT molecular complexity index is 688. The Morgan fingerprint density at radius 2 is 2.08 bits per heavy atom. The van der Waals surface area contributed by atoms with Crippen LogP contribution in [0.3, 0.4) is 0 Å². The highest BCUT2D eigenvalue weighted by Crippen LogP contribution is 2.18. The van der Waals surface area contributed by atoms with E-state index in [9.17, 15) is 4.79 Å². The molecule has 1 saturated heterocycles. The Balaban J connectivity index is 1.57. The van der Waals surface area contributed by atoms with Gasteiger partial charge in [0.05, 0.1) is 17.9 Å². The van der Waals surface area contributed by atoms with Crippen molar-refractivity contribution < 1.29 is 14.1 Å². The van der Waals surface area contributed by atoms with Crippen LogP contribution in [0.25, 0.3) is 0 Å². The first-order valence-corrected chi connectivity index (χ1v) is 8.08.